The van der Waals surface area contributed by atoms with Crippen molar-refractivity contribution in [3.05, 3.63) is 18.2 Å². The quantitative estimate of drug-likeness (QED) is 0.495. The molecule has 1 rings (SSSR count). The molecular formula is C9H15N2O2+. The molecule has 0 bridgehead atoms. The van der Waals surface area contributed by atoms with Gasteiger partial charge in [-0.05, 0) is 0 Å². The predicted molar refractivity (Wildman–Crippen MR) is 47.0 cm³/mol. The standard InChI is InChI=1S/C9H15N2O2/c1-8-10(2)6-7-11(8)5-4-9(12)13-3/h6-7H,4-5H2,1-3H3/q+1. The highest BCUT2D eigenvalue weighted by molar-refractivity contribution is 5.68. The van der Waals surface area contributed by atoms with E-state index in [1.165, 1.54) is 7.11 Å². The fraction of sp³-hybridized carbons (Fsp3) is 0.556. The summed E-state index contributed by atoms with van der Waals surface area (Å²) in [5.74, 6) is 0.958. The molecule has 0 aliphatic carbocycles. The van der Waals surface area contributed by atoms with E-state index in [9.17, 15) is 4.79 Å². The van der Waals surface area contributed by atoms with Gasteiger partial charge >= 0.3 is 5.97 Å². The number of aromatic nitrogens is 2. The van der Waals surface area contributed by atoms with Gasteiger partial charge in [0.1, 0.15) is 18.9 Å². The van der Waals surface area contributed by atoms with E-state index in [0.29, 0.717) is 13.0 Å². The molecule has 0 N–H and O–H groups in total. The Hall–Kier alpha value is -1.32. The number of imidazole rings is 1. The fourth-order valence-corrected chi connectivity index (χ4v) is 1.15. The molecule has 0 unspecified atom stereocenters. The molecule has 0 atom stereocenters. The Morgan fingerprint density at radius 1 is 1.69 bits per heavy atom. The number of aryl methyl sites for hydroxylation is 2. The third kappa shape index (κ3) is 2.31. The smallest absolute Gasteiger partial charge is 0.309 e. The maximum atomic E-state index is 10.9. The molecule has 1 aromatic heterocycles. The Bertz CT molecular complexity index is 305. The summed E-state index contributed by atoms with van der Waals surface area (Å²) in [4.78, 5) is 10.9. The van der Waals surface area contributed by atoms with Crippen LogP contribution in [-0.2, 0) is 23.1 Å². The Labute approximate surface area is 77.7 Å². The van der Waals surface area contributed by atoms with Crippen molar-refractivity contribution in [3.63, 3.8) is 0 Å². The van der Waals surface area contributed by atoms with Crippen molar-refractivity contribution in [2.75, 3.05) is 7.11 Å². The van der Waals surface area contributed by atoms with Gasteiger partial charge in [-0.2, -0.15) is 0 Å². The van der Waals surface area contributed by atoms with E-state index < -0.39 is 0 Å². The van der Waals surface area contributed by atoms with Crippen LogP contribution in [0.1, 0.15) is 12.2 Å². The number of nitrogens with zero attached hydrogens (tertiary/aromatic N) is 2. The van der Waals surface area contributed by atoms with Crippen molar-refractivity contribution in [2.45, 2.75) is 19.9 Å². The molecule has 0 radical (unpaired) electrons. The van der Waals surface area contributed by atoms with E-state index in [0.717, 1.165) is 5.82 Å². The molecule has 0 saturated heterocycles. The van der Waals surface area contributed by atoms with Crippen LogP contribution in [-0.4, -0.2) is 17.6 Å². The van der Waals surface area contributed by atoms with Gasteiger partial charge in [-0.3, -0.25) is 4.79 Å². The number of ether oxygens (including phenoxy) is 1. The largest absolute Gasteiger partial charge is 0.469 e. The fourth-order valence-electron chi connectivity index (χ4n) is 1.15. The first-order valence-corrected chi connectivity index (χ1v) is 4.23. The lowest BCUT2D eigenvalue weighted by Gasteiger charge is -1.98. The van der Waals surface area contributed by atoms with Gasteiger partial charge in [0.25, 0.3) is 5.82 Å². The summed E-state index contributed by atoms with van der Waals surface area (Å²) in [6.45, 7) is 2.69. The van der Waals surface area contributed by atoms with Crippen LogP contribution < -0.4 is 4.57 Å². The van der Waals surface area contributed by atoms with Gasteiger partial charge in [-0.1, -0.05) is 0 Å². The number of esters is 1. The number of carbonyl (C=O) groups is 1. The first kappa shape index (κ1) is 9.77. The average Bonchev–Trinajstić information content (AvgIpc) is 2.44. The van der Waals surface area contributed by atoms with E-state index in [1.807, 2.05) is 35.5 Å². The molecule has 1 heterocycles. The molecule has 4 nitrogen and oxygen atoms in total. The minimum Gasteiger partial charge on any atom is -0.469 e. The Kier molecular flexibility index (Phi) is 3.06. The molecule has 0 saturated carbocycles. The van der Waals surface area contributed by atoms with Crippen molar-refractivity contribution >= 4 is 5.97 Å². The topological polar surface area (TPSA) is 35.1 Å². The van der Waals surface area contributed by atoms with Gasteiger partial charge in [-0.25, -0.2) is 9.13 Å². The van der Waals surface area contributed by atoms with Crippen LogP contribution in [0.2, 0.25) is 0 Å². The number of hydrogen-bond acceptors (Lipinski definition) is 2. The van der Waals surface area contributed by atoms with Crippen LogP contribution in [0.5, 0.6) is 0 Å². The molecule has 0 fully saturated rings. The van der Waals surface area contributed by atoms with Gasteiger partial charge in [0, 0.05) is 6.92 Å². The van der Waals surface area contributed by atoms with Crippen molar-refractivity contribution < 1.29 is 14.1 Å². The first-order valence-electron chi connectivity index (χ1n) is 4.23. The van der Waals surface area contributed by atoms with Crippen LogP contribution in [0.25, 0.3) is 0 Å². The maximum Gasteiger partial charge on any atom is 0.309 e. The first-order chi connectivity index (χ1) is 6.15. The highest BCUT2D eigenvalue weighted by atomic mass is 16.5. The van der Waals surface area contributed by atoms with Gasteiger partial charge in [0.15, 0.2) is 0 Å². The summed E-state index contributed by atoms with van der Waals surface area (Å²) in [6.07, 6.45) is 4.34. The molecule has 4 heteroatoms. The van der Waals surface area contributed by atoms with Crippen LogP contribution >= 0.6 is 0 Å². The zero-order valence-corrected chi connectivity index (χ0v) is 8.28. The Morgan fingerprint density at radius 2 is 2.38 bits per heavy atom. The second-order valence-electron chi connectivity index (χ2n) is 2.98. The SMILES string of the molecule is COC(=O)CCn1cc[n+](C)c1C. The number of rotatable bonds is 3. The minimum absolute atomic E-state index is 0.171. The molecule has 13 heavy (non-hydrogen) atoms. The van der Waals surface area contributed by atoms with Crippen LogP contribution in [0.3, 0.4) is 0 Å². The lowest BCUT2D eigenvalue weighted by Crippen LogP contribution is -2.29. The van der Waals surface area contributed by atoms with Gasteiger partial charge in [-0.15, -0.1) is 0 Å². The zero-order chi connectivity index (χ0) is 9.84. The van der Waals surface area contributed by atoms with Crippen molar-refractivity contribution in [3.8, 4) is 0 Å². The van der Waals surface area contributed by atoms with E-state index >= 15 is 0 Å². The average molecular weight is 183 g/mol. The molecule has 0 amide bonds. The summed E-state index contributed by atoms with van der Waals surface area (Å²) in [5, 5.41) is 0. The Balaban J connectivity index is 2.55. The van der Waals surface area contributed by atoms with Crippen LogP contribution in [0, 0.1) is 6.92 Å². The van der Waals surface area contributed by atoms with Gasteiger partial charge in [0.05, 0.1) is 20.6 Å². The lowest BCUT2D eigenvalue weighted by molar-refractivity contribution is -0.677. The number of methoxy groups -OCH3 is 1. The third-order valence-electron chi connectivity index (χ3n) is 2.18. The van der Waals surface area contributed by atoms with Crippen molar-refractivity contribution in [1.82, 2.24) is 4.57 Å². The summed E-state index contributed by atoms with van der Waals surface area (Å²) in [5.41, 5.74) is 0. The lowest BCUT2D eigenvalue weighted by atomic mass is 10.4. The Morgan fingerprint density at radius 3 is 2.85 bits per heavy atom. The molecule has 0 aliphatic heterocycles. The highest BCUT2D eigenvalue weighted by Gasteiger charge is 2.10. The third-order valence-corrected chi connectivity index (χ3v) is 2.18. The van der Waals surface area contributed by atoms with Crippen LogP contribution in [0.4, 0.5) is 0 Å². The van der Waals surface area contributed by atoms with Gasteiger partial charge < -0.3 is 4.74 Å². The van der Waals surface area contributed by atoms with E-state index in [2.05, 4.69) is 4.74 Å². The molecule has 0 aliphatic rings. The predicted octanol–water partition coefficient (Wildman–Crippen LogP) is 0.184. The van der Waals surface area contributed by atoms with E-state index in [4.69, 9.17) is 0 Å². The molecular weight excluding hydrogens is 168 g/mol. The summed E-state index contributed by atoms with van der Waals surface area (Å²) in [7, 11) is 3.38. The molecule has 1 aromatic rings. The number of carbonyl (C=O) groups excluding carboxylic acids is 1. The maximum absolute atomic E-state index is 10.9. The summed E-state index contributed by atoms with van der Waals surface area (Å²) in [6, 6.07) is 0. The second-order valence-corrected chi connectivity index (χ2v) is 2.98. The van der Waals surface area contributed by atoms with E-state index in [-0.39, 0.29) is 5.97 Å². The highest BCUT2D eigenvalue weighted by Crippen LogP contribution is 1.96. The number of hydrogen-bond donors (Lipinski definition) is 0. The molecule has 0 aromatic carbocycles. The normalized spacial score (nSPS) is 10.1. The van der Waals surface area contributed by atoms with Crippen molar-refractivity contribution in [1.29, 1.82) is 0 Å². The molecule has 0 spiro atoms. The summed E-state index contributed by atoms with van der Waals surface area (Å²) >= 11 is 0. The summed E-state index contributed by atoms with van der Waals surface area (Å²) < 4.78 is 8.60. The van der Waals surface area contributed by atoms with E-state index in [1.54, 1.807) is 0 Å². The second kappa shape index (κ2) is 4.07. The van der Waals surface area contributed by atoms with Gasteiger partial charge in [0.2, 0.25) is 0 Å². The monoisotopic (exact) mass is 183 g/mol. The minimum atomic E-state index is -0.171. The molecule has 72 valence electrons. The van der Waals surface area contributed by atoms with Crippen LogP contribution in [0.15, 0.2) is 12.4 Å². The van der Waals surface area contributed by atoms with Crippen molar-refractivity contribution in [2.24, 2.45) is 7.05 Å². The zero-order valence-electron chi connectivity index (χ0n) is 8.28.